The van der Waals surface area contributed by atoms with E-state index in [9.17, 15) is 14.3 Å². The normalized spacial score (nSPS) is 28.8. The molecule has 1 heterocycles. The second-order valence-corrected chi connectivity index (χ2v) is 3.88. The predicted octanol–water partition coefficient (Wildman–Crippen LogP) is -0.0599. The molecule has 0 bridgehead atoms. The number of thioether (sulfide) groups is 1. The average molecular weight is 193 g/mol. The maximum atomic E-state index is 11.7. The Morgan fingerprint density at radius 3 is 3.00 bits per heavy atom. The van der Waals surface area contributed by atoms with Gasteiger partial charge in [-0.15, -0.1) is 0 Å². The Balaban J connectivity index is 2.39. The molecule has 0 aliphatic carbocycles. The van der Waals surface area contributed by atoms with Gasteiger partial charge < -0.3 is 10.4 Å². The number of nitrogens with one attached hydrogen (secondary N) is 1. The van der Waals surface area contributed by atoms with Crippen molar-refractivity contribution < 1.29 is 14.3 Å². The van der Waals surface area contributed by atoms with E-state index in [1.54, 1.807) is 0 Å². The molecule has 2 N–H and O–H groups in total. The van der Waals surface area contributed by atoms with Crippen LogP contribution in [0.2, 0.25) is 0 Å². The van der Waals surface area contributed by atoms with E-state index in [1.807, 2.05) is 0 Å². The third-order valence-corrected chi connectivity index (χ3v) is 2.98. The zero-order valence-corrected chi connectivity index (χ0v) is 7.49. The number of hydrogen-bond acceptors (Lipinski definition) is 3. The van der Waals surface area contributed by atoms with Crippen LogP contribution in [0.25, 0.3) is 0 Å². The molecule has 0 radical (unpaired) electrons. The van der Waals surface area contributed by atoms with E-state index in [1.165, 1.54) is 11.8 Å². The van der Waals surface area contributed by atoms with Crippen molar-refractivity contribution in [1.82, 2.24) is 5.32 Å². The lowest BCUT2D eigenvalue weighted by atomic mass is 10.0. The maximum absolute atomic E-state index is 11.7. The molecule has 1 amide bonds. The van der Waals surface area contributed by atoms with Gasteiger partial charge in [0.15, 0.2) is 5.60 Å². The van der Waals surface area contributed by atoms with Crippen molar-refractivity contribution in [2.75, 3.05) is 24.7 Å². The molecular formula is C7H12FNO2S. The molecule has 3 nitrogen and oxygen atoms in total. The van der Waals surface area contributed by atoms with Crippen LogP contribution in [0.5, 0.6) is 0 Å². The van der Waals surface area contributed by atoms with Crippen molar-refractivity contribution in [3.63, 3.8) is 0 Å². The smallest absolute Gasteiger partial charge is 0.252 e. The van der Waals surface area contributed by atoms with Crippen molar-refractivity contribution in [3.05, 3.63) is 0 Å². The molecule has 1 atom stereocenters. The van der Waals surface area contributed by atoms with Gasteiger partial charge in [0.2, 0.25) is 0 Å². The number of amides is 1. The van der Waals surface area contributed by atoms with Crippen LogP contribution in [0.15, 0.2) is 0 Å². The van der Waals surface area contributed by atoms with Crippen LogP contribution in [0.1, 0.15) is 6.42 Å². The van der Waals surface area contributed by atoms with Crippen molar-refractivity contribution in [3.8, 4) is 0 Å². The van der Waals surface area contributed by atoms with Crippen LogP contribution >= 0.6 is 11.8 Å². The van der Waals surface area contributed by atoms with Gasteiger partial charge in [0.1, 0.15) is 6.67 Å². The van der Waals surface area contributed by atoms with Crippen molar-refractivity contribution in [2.24, 2.45) is 0 Å². The van der Waals surface area contributed by atoms with Crippen LogP contribution in [0, 0.1) is 0 Å². The molecule has 1 aliphatic rings. The molecule has 0 aromatic carbocycles. The molecule has 0 aromatic rings. The molecule has 1 saturated heterocycles. The van der Waals surface area contributed by atoms with Gasteiger partial charge in [0, 0.05) is 12.3 Å². The lowest BCUT2D eigenvalue weighted by Gasteiger charge is -2.19. The standard InChI is InChI=1S/C7H12FNO2S/c8-2-3-9-6(10)7(11)1-4-12-5-7/h11H,1-5H2,(H,9,10). The molecule has 0 saturated carbocycles. The quantitative estimate of drug-likeness (QED) is 0.660. The van der Waals surface area contributed by atoms with E-state index in [-0.39, 0.29) is 6.54 Å². The highest BCUT2D eigenvalue weighted by Gasteiger charge is 2.39. The fourth-order valence-electron chi connectivity index (χ4n) is 1.06. The SMILES string of the molecule is O=C(NCCF)C1(O)CCSC1. The summed E-state index contributed by atoms with van der Waals surface area (Å²) in [6.07, 6.45) is 0.468. The van der Waals surface area contributed by atoms with Gasteiger partial charge in [-0.05, 0) is 12.2 Å². The summed E-state index contributed by atoms with van der Waals surface area (Å²) in [5.41, 5.74) is -1.25. The highest BCUT2D eigenvalue weighted by atomic mass is 32.2. The van der Waals surface area contributed by atoms with Crippen molar-refractivity contribution >= 4 is 17.7 Å². The van der Waals surface area contributed by atoms with Crippen LogP contribution < -0.4 is 5.32 Å². The summed E-state index contributed by atoms with van der Waals surface area (Å²) in [4.78, 5) is 11.2. The van der Waals surface area contributed by atoms with Crippen molar-refractivity contribution in [2.45, 2.75) is 12.0 Å². The second kappa shape index (κ2) is 4.09. The van der Waals surface area contributed by atoms with Gasteiger partial charge in [0.25, 0.3) is 5.91 Å². The largest absolute Gasteiger partial charge is 0.379 e. The van der Waals surface area contributed by atoms with Crippen molar-refractivity contribution in [1.29, 1.82) is 0 Å². The Kier molecular flexibility index (Phi) is 3.34. The molecule has 1 aliphatic heterocycles. The highest BCUT2D eigenvalue weighted by molar-refractivity contribution is 7.99. The monoisotopic (exact) mass is 193 g/mol. The van der Waals surface area contributed by atoms with E-state index in [4.69, 9.17) is 0 Å². The van der Waals surface area contributed by atoms with Crippen LogP contribution in [-0.4, -0.2) is 41.3 Å². The van der Waals surface area contributed by atoms with Crippen LogP contribution in [0.3, 0.4) is 0 Å². The third-order valence-electron chi connectivity index (χ3n) is 1.80. The van der Waals surface area contributed by atoms with Crippen LogP contribution in [-0.2, 0) is 4.79 Å². The maximum Gasteiger partial charge on any atom is 0.252 e. The Morgan fingerprint density at radius 2 is 2.50 bits per heavy atom. The van der Waals surface area contributed by atoms with Gasteiger partial charge in [-0.1, -0.05) is 0 Å². The van der Waals surface area contributed by atoms with Gasteiger partial charge in [0.05, 0.1) is 0 Å². The molecule has 5 heteroatoms. The zero-order chi connectivity index (χ0) is 9.03. The van der Waals surface area contributed by atoms with Gasteiger partial charge >= 0.3 is 0 Å². The first-order valence-corrected chi connectivity index (χ1v) is 4.99. The van der Waals surface area contributed by atoms with E-state index < -0.39 is 18.2 Å². The minimum Gasteiger partial charge on any atom is -0.379 e. The highest BCUT2D eigenvalue weighted by Crippen LogP contribution is 2.27. The van der Waals surface area contributed by atoms with E-state index in [0.717, 1.165) is 5.75 Å². The summed E-state index contributed by atoms with van der Waals surface area (Å²) in [7, 11) is 0. The fraction of sp³-hybridized carbons (Fsp3) is 0.857. The Morgan fingerprint density at radius 1 is 1.75 bits per heavy atom. The van der Waals surface area contributed by atoms with E-state index >= 15 is 0 Å². The van der Waals surface area contributed by atoms with E-state index in [2.05, 4.69) is 5.32 Å². The summed E-state index contributed by atoms with van der Waals surface area (Å²) in [5, 5.41) is 12.0. The molecule has 1 fully saturated rings. The number of carbonyl (C=O) groups excluding carboxylic acids is 1. The molecular weight excluding hydrogens is 181 g/mol. The molecule has 1 unspecified atom stereocenters. The van der Waals surface area contributed by atoms with Crippen LogP contribution in [0.4, 0.5) is 4.39 Å². The minimum atomic E-state index is -1.25. The summed E-state index contributed by atoms with van der Waals surface area (Å²) in [6.45, 7) is -0.596. The first-order valence-electron chi connectivity index (χ1n) is 3.83. The Bertz CT molecular complexity index is 171. The zero-order valence-electron chi connectivity index (χ0n) is 6.68. The Labute approximate surface area is 74.7 Å². The Hall–Kier alpha value is -0.290. The average Bonchev–Trinajstić information content (AvgIpc) is 2.49. The van der Waals surface area contributed by atoms with Gasteiger partial charge in [-0.25, -0.2) is 4.39 Å². The van der Waals surface area contributed by atoms with Gasteiger partial charge in [-0.2, -0.15) is 11.8 Å². The second-order valence-electron chi connectivity index (χ2n) is 2.78. The minimum absolute atomic E-state index is 0.00813. The lowest BCUT2D eigenvalue weighted by Crippen LogP contribution is -2.47. The fourth-order valence-corrected chi connectivity index (χ4v) is 2.30. The molecule has 12 heavy (non-hydrogen) atoms. The first-order chi connectivity index (χ1) is 5.69. The molecule has 0 aromatic heterocycles. The number of hydrogen-bond donors (Lipinski definition) is 2. The lowest BCUT2D eigenvalue weighted by molar-refractivity contribution is -0.137. The number of halogens is 1. The number of rotatable bonds is 3. The summed E-state index contributed by atoms with van der Waals surface area (Å²) >= 11 is 1.54. The number of alkyl halides is 1. The predicted molar refractivity (Wildman–Crippen MR) is 45.9 cm³/mol. The summed E-state index contributed by atoms with van der Waals surface area (Å²) < 4.78 is 11.7. The molecule has 1 rings (SSSR count). The van der Waals surface area contributed by atoms with Gasteiger partial charge in [-0.3, -0.25) is 4.79 Å². The number of aliphatic hydroxyl groups is 1. The third kappa shape index (κ3) is 2.10. The number of carbonyl (C=O) groups is 1. The molecule has 70 valence electrons. The summed E-state index contributed by atoms with van der Waals surface area (Å²) in [5.74, 6) is 0.773. The van der Waals surface area contributed by atoms with E-state index in [0.29, 0.717) is 12.2 Å². The summed E-state index contributed by atoms with van der Waals surface area (Å²) in [6, 6.07) is 0. The topological polar surface area (TPSA) is 49.3 Å². The molecule has 0 spiro atoms. The first kappa shape index (κ1) is 9.80.